The second-order valence-electron chi connectivity index (χ2n) is 2.67. The van der Waals surface area contributed by atoms with Gasteiger partial charge in [0.05, 0.1) is 0 Å². The van der Waals surface area contributed by atoms with Gasteiger partial charge in [-0.3, -0.25) is 4.79 Å². The van der Waals surface area contributed by atoms with Crippen molar-refractivity contribution in [3.05, 3.63) is 0 Å². The van der Waals surface area contributed by atoms with Crippen molar-refractivity contribution in [1.29, 1.82) is 0 Å². The van der Waals surface area contributed by atoms with Crippen molar-refractivity contribution in [3.63, 3.8) is 0 Å². The first-order valence-corrected chi connectivity index (χ1v) is 3.37. The maximum atomic E-state index is 10.8. The molecule has 0 aromatic heterocycles. The maximum Gasteiger partial charge on any atom is 0.259 e. The number of hydrogen-bond acceptors (Lipinski definition) is 2. The van der Waals surface area contributed by atoms with Crippen LogP contribution in [0.3, 0.4) is 0 Å². The molecule has 0 aromatic rings. The van der Waals surface area contributed by atoms with Gasteiger partial charge in [-0.15, -0.1) is 4.99 Å². The summed E-state index contributed by atoms with van der Waals surface area (Å²) in [4.78, 5) is 23.5. The van der Waals surface area contributed by atoms with Crippen LogP contribution in [-0.2, 0) is 9.59 Å². The number of carbonyl (C=O) groups is 1. The zero-order valence-corrected chi connectivity index (χ0v) is 5.83. The Morgan fingerprint density at radius 2 is 2.30 bits per heavy atom. The highest BCUT2D eigenvalue weighted by molar-refractivity contribution is 5.83. The molecule has 1 atom stereocenters. The molecule has 0 aromatic carbocycles. The topological polar surface area (TPSA) is 46.5 Å². The van der Waals surface area contributed by atoms with Crippen LogP contribution in [0.25, 0.3) is 0 Å². The van der Waals surface area contributed by atoms with Gasteiger partial charge in [0, 0.05) is 5.92 Å². The molecular weight excluding hydrogens is 130 g/mol. The summed E-state index contributed by atoms with van der Waals surface area (Å²) in [5, 5.41) is 0. The van der Waals surface area contributed by atoms with Crippen molar-refractivity contribution in [2.75, 3.05) is 0 Å². The standard InChI is InChI=1S/C7H9NO2/c1-5(6-2-3-6)7(10)8-4-9/h5-6H,2-3H2,1H3. The Hall–Kier alpha value is -0.950. The number of hydrogen-bond donors (Lipinski definition) is 0. The summed E-state index contributed by atoms with van der Waals surface area (Å²) in [6.07, 6.45) is 3.45. The molecule has 0 N–H and O–H groups in total. The summed E-state index contributed by atoms with van der Waals surface area (Å²) in [6, 6.07) is 0. The highest BCUT2D eigenvalue weighted by Crippen LogP contribution is 2.36. The Balaban J connectivity index is 2.46. The largest absolute Gasteiger partial charge is 0.271 e. The Morgan fingerprint density at radius 1 is 1.70 bits per heavy atom. The number of nitrogens with zero attached hydrogens (tertiary/aromatic N) is 1. The van der Waals surface area contributed by atoms with Crippen molar-refractivity contribution >= 4 is 12.0 Å². The van der Waals surface area contributed by atoms with Crippen LogP contribution in [0.15, 0.2) is 4.99 Å². The summed E-state index contributed by atoms with van der Waals surface area (Å²) in [6.45, 7) is 1.81. The molecule has 1 aliphatic carbocycles. The molecule has 1 fully saturated rings. The first kappa shape index (κ1) is 7.16. The average Bonchev–Trinajstić information content (AvgIpc) is 2.68. The fourth-order valence-corrected chi connectivity index (χ4v) is 0.945. The summed E-state index contributed by atoms with van der Waals surface area (Å²) < 4.78 is 0. The lowest BCUT2D eigenvalue weighted by atomic mass is 10.1. The predicted octanol–water partition coefficient (Wildman–Crippen LogP) is 0.895. The van der Waals surface area contributed by atoms with E-state index in [1.54, 1.807) is 6.92 Å². The molecule has 1 amide bonds. The molecule has 1 saturated carbocycles. The SMILES string of the molecule is CC(C(=O)N=C=O)C1CC1. The van der Waals surface area contributed by atoms with Gasteiger partial charge >= 0.3 is 0 Å². The molecule has 0 aliphatic heterocycles. The molecule has 0 heterocycles. The Bertz CT molecular complexity index is 190. The van der Waals surface area contributed by atoms with Crippen LogP contribution in [-0.4, -0.2) is 12.0 Å². The molecule has 10 heavy (non-hydrogen) atoms. The highest BCUT2D eigenvalue weighted by atomic mass is 16.2. The molecular formula is C7H9NO2. The van der Waals surface area contributed by atoms with Gasteiger partial charge in [0.2, 0.25) is 6.08 Å². The van der Waals surface area contributed by atoms with Crippen LogP contribution >= 0.6 is 0 Å². The van der Waals surface area contributed by atoms with Gasteiger partial charge < -0.3 is 0 Å². The first-order chi connectivity index (χ1) is 4.75. The molecule has 1 unspecified atom stereocenters. The molecule has 0 saturated heterocycles. The smallest absolute Gasteiger partial charge is 0.259 e. The lowest BCUT2D eigenvalue weighted by Crippen LogP contribution is -2.09. The molecule has 1 rings (SSSR count). The minimum atomic E-state index is -0.322. The van der Waals surface area contributed by atoms with Gasteiger partial charge in [0.1, 0.15) is 0 Å². The van der Waals surface area contributed by atoms with Crippen LogP contribution in [0.5, 0.6) is 0 Å². The Morgan fingerprint density at radius 3 is 2.70 bits per heavy atom. The fraction of sp³-hybridized carbons (Fsp3) is 0.714. The van der Waals surface area contributed by atoms with E-state index in [4.69, 9.17) is 0 Å². The minimum absolute atomic E-state index is 0.0681. The van der Waals surface area contributed by atoms with Crippen LogP contribution in [0, 0.1) is 11.8 Å². The summed E-state index contributed by atoms with van der Waals surface area (Å²) in [7, 11) is 0. The van der Waals surface area contributed by atoms with Crippen molar-refractivity contribution in [3.8, 4) is 0 Å². The van der Waals surface area contributed by atoms with Gasteiger partial charge in [-0.1, -0.05) is 6.92 Å². The third-order valence-corrected chi connectivity index (χ3v) is 1.87. The van der Waals surface area contributed by atoms with Gasteiger partial charge in [-0.05, 0) is 18.8 Å². The summed E-state index contributed by atoms with van der Waals surface area (Å²) in [5.74, 6) is 0.0866. The maximum absolute atomic E-state index is 10.8. The van der Waals surface area contributed by atoms with E-state index in [-0.39, 0.29) is 11.8 Å². The van der Waals surface area contributed by atoms with Crippen molar-refractivity contribution in [1.82, 2.24) is 0 Å². The lowest BCUT2D eigenvalue weighted by Gasteiger charge is -1.99. The van der Waals surface area contributed by atoms with E-state index in [9.17, 15) is 9.59 Å². The number of isocyanates is 1. The fourth-order valence-electron chi connectivity index (χ4n) is 0.945. The van der Waals surface area contributed by atoms with Crippen LogP contribution in [0.4, 0.5) is 0 Å². The molecule has 3 heteroatoms. The number of rotatable bonds is 2. The molecule has 54 valence electrons. The Kier molecular flexibility index (Phi) is 1.97. The molecule has 1 aliphatic rings. The zero-order valence-electron chi connectivity index (χ0n) is 5.83. The number of aliphatic imine (C=N–C) groups is 1. The number of carbonyl (C=O) groups excluding carboxylic acids is 2. The molecule has 0 bridgehead atoms. The van der Waals surface area contributed by atoms with Crippen LogP contribution in [0.1, 0.15) is 19.8 Å². The van der Waals surface area contributed by atoms with E-state index < -0.39 is 0 Å². The summed E-state index contributed by atoms with van der Waals surface area (Å²) >= 11 is 0. The normalized spacial score (nSPS) is 19.3. The monoisotopic (exact) mass is 139 g/mol. The van der Waals surface area contributed by atoms with E-state index in [1.165, 1.54) is 6.08 Å². The zero-order chi connectivity index (χ0) is 7.56. The second-order valence-corrected chi connectivity index (χ2v) is 2.67. The molecule has 0 radical (unpaired) electrons. The van der Waals surface area contributed by atoms with Crippen molar-refractivity contribution in [2.45, 2.75) is 19.8 Å². The minimum Gasteiger partial charge on any atom is -0.271 e. The van der Waals surface area contributed by atoms with Crippen molar-refractivity contribution < 1.29 is 9.59 Å². The molecule has 3 nitrogen and oxygen atoms in total. The lowest BCUT2D eigenvalue weighted by molar-refractivity contribution is -0.121. The number of amides is 1. The van der Waals surface area contributed by atoms with Gasteiger partial charge in [0.15, 0.2) is 0 Å². The third-order valence-electron chi connectivity index (χ3n) is 1.87. The second kappa shape index (κ2) is 2.76. The van der Waals surface area contributed by atoms with Crippen LogP contribution < -0.4 is 0 Å². The van der Waals surface area contributed by atoms with Crippen LogP contribution in [0.2, 0.25) is 0 Å². The van der Waals surface area contributed by atoms with Gasteiger partial charge in [0.25, 0.3) is 5.91 Å². The quantitative estimate of drug-likeness (QED) is 0.421. The summed E-state index contributed by atoms with van der Waals surface area (Å²) in [5.41, 5.74) is 0. The third kappa shape index (κ3) is 1.52. The van der Waals surface area contributed by atoms with Crippen molar-refractivity contribution in [2.24, 2.45) is 16.8 Å². The van der Waals surface area contributed by atoms with Gasteiger partial charge in [-0.2, -0.15) is 0 Å². The van der Waals surface area contributed by atoms with Gasteiger partial charge in [-0.25, -0.2) is 4.79 Å². The van der Waals surface area contributed by atoms with E-state index >= 15 is 0 Å². The first-order valence-electron chi connectivity index (χ1n) is 3.37. The van der Waals surface area contributed by atoms with E-state index in [0.717, 1.165) is 12.8 Å². The van der Waals surface area contributed by atoms with E-state index in [1.807, 2.05) is 0 Å². The highest BCUT2D eigenvalue weighted by Gasteiger charge is 2.32. The van der Waals surface area contributed by atoms with E-state index in [2.05, 4.69) is 4.99 Å². The van der Waals surface area contributed by atoms with E-state index in [0.29, 0.717) is 5.92 Å². The molecule has 0 spiro atoms. The Labute approximate surface area is 59.1 Å². The average molecular weight is 139 g/mol. The predicted molar refractivity (Wildman–Crippen MR) is 35.0 cm³/mol.